The number of aromatic nitrogens is 2. The Morgan fingerprint density at radius 1 is 1.03 bits per heavy atom. The number of amides is 2. The van der Waals surface area contributed by atoms with E-state index in [9.17, 15) is 14.4 Å². The fourth-order valence-electron chi connectivity index (χ4n) is 4.76. The summed E-state index contributed by atoms with van der Waals surface area (Å²) in [5.74, 6) is 0.720. The number of rotatable bonds is 5. The van der Waals surface area contributed by atoms with E-state index in [0.29, 0.717) is 38.2 Å². The van der Waals surface area contributed by atoms with Crippen LogP contribution in [0.15, 0.2) is 53.3 Å². The van der Waals surface area contributed by atoms with Crippen molar-refractivity contribution in [3.8, 4) is 5.75 Å². The first-order chi connectivity index (χ1) is 15.6. The third-order valence-corrected chi connectivity index (χ3v) is 6.39. The molecule has 166 valence electrons. The van der Waals surface area contributed by atoms with Gasteiger partial charge in [-0.15, -0.1) is 0 Å². The van der Waals surface area contributed by atoms with Crippen molar-refractivity contribution >= 4 is 28.5 Å². The highest BCUT2D eigenvalue weighted by Crippen LogP contribution is 2.31. The number of anilines is 1. The average Bonchev–Trinajstić information content (AvgIpc) is 3.16. The van der Waals surface area contributed by atoms with E-state index in [4.69, 9.17) is 4.74 Å². The zero-order valence-corrected chi connectivity index (χ0v) is 17.8. The van der Waals surface area contributed by atoms with Gasteiger partial charge in [0.1, 0.15) is 5.75 Å². The summed E-state index contributed by atoms with van der Waals surface area (Å²) in [5.41, 5.74) is 2.43. The van der Waals surface area contributed by atoms with Crippen LogP contribution < -0.4 is 15.3 Å². The second kappa shape index (κ2) is 8.53. The number of hydrogen-bond donors (Lipinski definition) is 1. The summed E-state index contributed by atoms with van der Waals surface area (Å²) in [6, 6.07) is 15.3. The van der Waals surface area contributed by atoms with Gasteiger partial charge in [0.15, 0.2) is 6.61 Å². The highest BCUT2D eigenvalue weighted by molar-refractivity contribution is 5.97. The Morgan fingerprint density at radius 3 is 2.62 bits per heavy atom. The van der Waals surface area contributed by atoms with E-state index in [1.807, 2.05) is 58.0 Å². The number of nitrogens with one attached hydrogen (secondary N) is 1. The summed E-state index contributed by atoms with van der Waals surface area (Å²) in [5, 5.41) is 0. The first kappa shape index (κ1) is 20.4. The number of carbonyl (C=O) groups is 2. The first-order valence-corrected chi connectivity index (χ1v) is 11.1. The molecule has 2 aliphatic heterocycles. The van der Waals surface area contributed by atoms with Gasteiger partial charge in [-0.3, -0.25) is 14.2 Å². The van der Waals surface area contributed by atoms with Crippen molar-refractivity contribution in [1.82, 2.24) is 14.5 Å². The molecule has 2 aromatic carbocycles. The van der Waals surface area contributed by atoms with Crippen molar-refractivity contribution in [3.05, 3.63) is 59.0 Å². The lowest BCUT2D eigenvalue weighted by Crippen LogP contribution is -2.42. The molecule has 1 fully saturated rings. The smallest absolute Gasteiger partial charge is 0.326 e. The van der Waals surface area contributed by atoms with Crippen molar-refractivity contribution in [1.29, 1.82) is 0 Å². The van der Waals surface area contributed by atoms with Gasteiger partial charge in [0, 0.05) is 32.1 Å². The Labute approximate surface area is 185 Å². The topological polar surface area (TPSA) is 87.6 Å². The lowest BCUT2D eigenvalue weighted by Gasteiger charge is -2.33. The van der Waals surface area contributed by atoms with Crippen molar-refractivity contribution in [3.63, 3.8) is 0 Å². The Balaban J connectivity index is 1.16. The van der Waals surface area contributed by atoms with Crippen molar-refractivity contribution in [2.45, 2.75) is 31.7 Å². The van der Waals surface area contributed by atoms with E-state index in [1.54, 1.807) is 4.90 Å². The average molecular weight is 434 g/mol. The zero-order chi connectivity index (χ0) is 22.1. The number of imidazole rings is 1. The predicted molar refractivity (Wildman–Crippen MR) is 121 cm³/mol. The van der Waals surface area contributed by atoms with Crippen LogP contribution in [0.5, 0.6) is 5.75 Å². The molecule has 0 aliphatic carbocycles. The zero-order valence-electron chi connectivity index (χ0n) is 17.8. The van der Waals surface area contributed by atoms with Crippen LogP contribution in [0.25, 0.3) is 11.0 Å². The van der Waals surface area contributed by atoms with Crippen LogP contribution >= 0.6 is 0 Å². The number of likely N-dealkylation sites (tertiary alicyclic amines) is 1. The van der Waals surface area contributed by atoms with Gasteiger partial charge in [0.2, 0.25) is 5.91 Å². The van der Waals surface area contributed by atoms with Gasteiger partial charge in [-0.25, -0.2) is 4.79 Å². The molecule has 8 heteroatoms. The molecule has 1 N–H and O–H groups in total. The number of hydrogen-bond acceptors (Lipinski definition) is 4. The van der Waals surface area contributed by atoms with Gasteiger partial charge in [-0.2, -0.15) is 0 Å². The van der Waals surface area contributed by atoms with Crippen LogP contribution in [-0.2, 0) is 9.59 Å². The molecule has 0 bridgehead atoms. The molecule has 3 heterocycles. The third-order valence-electron chi connectivity index (χ3n) is 6.39. The summed E-state index contributed by atoms with van der Waals surface area (Å²) in [6.45, 7) is 1.79. The molecule has 5 rings (SSSR count). The SMILES string of the molecule is O=C(CCCN1C(=O)COc2ccccc21)N1CCC(n2c(=O)[nH]c3ccccc32)CC1. The first-order valence-electron chi connectivity index (χ1n) is 11.1. The number of H-pyrrole nitrogens is 1. The summed E-state index contributed by atoms with van der Waals surface area (Å²) in [4.78, 5) is 44.0. The maximum Gasteiger partial charge on any atom is 0.326 e. The number of nitrogens with zero attached hydrogens (tertiary/aromatic N) is 3. The van der Waals surface area contributed by atoms with E-state index in [0.717, 1.165) is 29.6 Å². The fraction of sp³-hybridized carbons (Fsp3) is 0.375. The molecular formula is C24H26N4O4. The van der Waals surface area contributed by atoms with E-state index < -0.39 is 0 Å². The van der Waals surface area contributed by atoms with Gasteiger partial charge < -0.3 is 19.5 Å². The molecule has 8 nitrogen and oxygen atoms in total. The molecule has 0 radical (unpaired) electrons. The van der Waals surface area contributed by atoms with Crippen LogP contribution in [0.4, 0.5) is 5.69 Å². The standard InChI is InChI=1S/C24H26N4O4/c29-22(10-5-13-27-20-8-3-4-9-21(20)32-16-23(27)30)26-14-11-17(12-15-26)28-19-7-2-1-6-18(19)25-24(28)31/h1-4,6-9,17H,5,10-16H2,(H,25,31). The molecule has 3 aromatic rings. The van der Waals surface area contributed by atoms with E-state index in [-0.39, 0.29) is 30.2 Å². The predicted octanol–water partition coefficient (Wildman–Crippen LogP) is 2.70. The maximum absolute atomic E-state index is 12.8. The van der Waals surface area contributed by atoms with Crippen molar-refractivity contribution in [2.24, 2.45) is 0 Å². The Kier molecular flexibility index (Phi) is 5.43. The summed E-state index contributed by atoms with van der Waals surface area (Å²) >= 11 is 0. The maximum atomic E-state index is 12.8. The fourth-order valence-corrected chi connectivity index (χ4v) is 4.76. The highest BCUT2D eigenvalue weighted by Gasteiger charge is 2.27. The molecule has 2 aliphatic rings. The number of ether oxygens (including phenoxy) is 1. The van der Waals surface area contributed by atoms with Crippen molar-refractivity contribution in [2.75, 3.05) is 31.1 Å². The Hall–Kier alpha value is -3.55. The number of benzene rings is 2. The monoisotopic (exact) mass is 434 g/mol. The second-order valence-electron chi connectivity index (χ2n) is 8.33. The lowest BCUT2D eigenvalue weighted by molar-refractivity contribution is -0.132. The van der Waals surface area contributed by atoms with Crippen LogP contribution in [0, 0.1) is 0 Å². The van der Waals surface area contributed by atoms with Crippen LogP contribution in [0.3, 0.4) is 0 Å². The molecule has 1 aromatic heterocycles. The highest BCUT2D eigenvalue weighted by atomic mass is 16.5. The number of aromatic amines is 1. The van der Waals surface area contributed by atoms with Gasteiger partial charge >= 0.3 is 5.69 Å². The lowest BCUT2D eigenvalue weighted by atomic mass is 10.0. The minimum Gasteiger partial charge on any atom is -0.482 e. The van der Waals surface area contributed by atoms with Gasteiger partial charge in [-0.1, -0.05) is 24.3 Å². The van der Waals surface area contributed by atoms with Gasteiger partial charge in [-0.05, 0) is 43.5 Å². The number of para-hydroxylation sites is 4. The molecule has 0 unspecified atom stereocenters. The van der Waals surface area contributed by atoms with Crippen molar-refractivity contribution < 1.29 is 14.3 Å². The quantitative estimate of drug-likeness (QED) is 0.669. The van der Waals surface area contributed by atoms with Gasteiger partial charge in [0.05, 0.1) is 16.7 Å². The molecule has 2 amide bonds. The largest absolute Gasteiger partial charge is 0.482 e. The summed E-state index contributed by atoms with van der Waals surface area (Å²) in [6.07, 6.45) is 2.50. The van der Waals surface area contributed by atoms with Crippen LogP contribution in [-0.4, -0.2) is 52.5 Å². The molecule has 0 saturated carbocycles. The van der Waals surface area contributed by atoms with Gasteiger partial charge in [0.25, 0.3) is 5.91 Å². The van der Waals surface area contributed by atoms with Crippen LogP contribution in [0.1, 0.15) is 31.7 Å². The molecule has 0 atom stereocenters. The molecule has 0 spiro atoms. The van der Waals surface area contributed by atoms with E-state index in [2.05, 4.69) is 4.98 Å². The van der Waals surface area contributed by atoms with E-state index >= 15 is 0 Å². The molecular weight excluding hydrogens is 408 g/mol. The number of piperidine rings is 1. The third kappa shape index (κ3) is 3.77. The number of fused-ring (bicyclic) bond motifs is 2. The van der Waals surface area contributed by atoms with Crippen LogP contribution in [0.2, 0.25) is 0 Å². The Morgan fingerprint density at radius 2 is 1.78 bits per heavy atom. The summed E-state index contributed by atoms with van der Waals surface area (Å²) in [7, 11) is 0. The summed E-state index contributed by atoms with van der Waals surface area (Å²) < 4.78 is 7.30. The minimum absolute atomic E-state index is 0.0334. The van der Waals surface area contributed by atoms with E-state index in [1.165, 1.54) is 0 Å². The minimum atomic E-state index is -0.0913. The molecule has 32 heavy (non-hydrogen) atoms. The number of carbonyl (C=O) groups excluding carboxylic acids is 2. The molecule has 1 saturated heterocycles. The normalized spacial score (nSPS) is 16.8. The second-order valence-corrected chi connectivity index (χ2v) is 8.33. The Bertz CT molecular complexity index is 1210.